The third-order valence-corrected chi connectivity index (χ3v) is 6.49. The van der Waals surface area contributed by atoms with Crippen molar-refractivity contribution in [3.8, 4) is 0 Å². The largest absolute Gasteiger partial charge is 0.416 e. The Balaban J connectivity index is 1.35. The molecule has 4 nitrogen and oxygen atoms in total. The SMILES string of the molecule is CN(C)C1CCN(c2ccc(NC(=O)[C@@H]3C[C@H]3c3ccccc3C(F)(F)F)cc2)CC1. The summed E-state index contributed by atoms with van der Waals surface area (Å²) in [6.07, 6.45) is -1.73. The van der Waals surface area contributed by atoms with Crippen LogP contribution in [0.2, 0.25) is 0 Å². The Morgan fingerprint density at radius 1 is 1.03 bits per heavy atom. The van der Waals surface area contributed by atoms with Crippen molar-refractivity contribution in [3.63, 3.8) is 0 Å². The first kappa shape index (κ1) is 21.7. The van der Waals surface area contributed by atoms with Crippen LogP contribution in [0.5, 0.6) is 0 Å². The van der Waals surface area contributed by atoms with Crippen LogP contribution in [-0.2, 0) is 11.0 Å². The van der Waals surface area contributed by atoms with E-state index in [9.17, 15) is 18.0 Å². The zero-order valence-corrected chi connectivity index (χ0v) is 17.8. The number of benzene rings is 2. The molecule has 2 fully saturated rings. The van der Waals surface area contributed by atoms with E-state index in [4.69, 9.17) is 0 Å². The number of halogens is 3. The molecule has 0 unspecified atom stereocenters. The molecule has 1 amide bonds. The van der Waals surface area contributed by atoms with Gasteiger partial charge in [0.1, 0.15) is 0 Å². The smallest absolute Gasteiger partial charge is 0.371 e. The number of anilines is 2. The Hall–Kier alpha value is -2.54. The van der Waals surface area contributed by atoms with E-state index in [1.165, 1.54) is 12.1 Å². The molecule has 2 aromatic carbocycles. The molecule has 2 atom stereocenters. The van der Waals surface area contributed by atoms with Crippen LogP contribution < -0.4 is 10.2 Å². The van der Waals surface area contributed by atoms with Crippen molar-refractivity contribution in [3.05, 3.63) is 59.7 Å². The maximum absolute atomic E-state index is 13.3. The Kier molecular flexibility index (Phi) is 5.97. The highest BCUT2D eigenvalue weighted by atomic mass is 19.4. The molecule has 2 aliphatic rings. The predicted octanol–water partition coefficient (Wildman–Crippen LogP) is 4.98. The lowest BCUT2D eigenvalue weighted by Gasteiger charge is -2.36. The summed E-state index contributed by atoms with van der Waals surface area (Å²) in [6, 6.07) is 13.9. The summed E-state index contributed by atoms with van der Waals surface area (Å²) in [5.74, 6) is -1.02. The van der Waals surface area contributed by atoms with Gasteiger partial charge in [0, 0.05) is 36.4 Å². The second-order valence-corrected chi connectivity index (χ2v) is 8.75. The number of alkyl halides is 3. The lowest BCUT2D eigenvalue weighted by Crippen LogP contribution is -2.41. The summed E-state index contributed by atoms with van der Waals surface area (Å²) in [7, 11) is 4.23. The molecule has 2 aromatic rings. The molecule has 0 aromatic heterocycles. The molecule has 1 heterocycles. The summed E-state index contributed by atoms with van der Waals surface area (Å²) in [4.78, 5) is 17.2. The summed E-state index contributed by atoms with van der Waals surface area (Å²) >= 11 is 0. The molecule has 0 radical (unpaired) electrons. The quantitative estimate of drug-likeness (QED) is 0.726. The Labute approximate surface area is 181 Å². The molecular formula is C24H28F3N3O. The van der Waals surface area contributed by atoms with E-state index in [1.807, 2.05) is 24.3 Å². The topological polar surface area (TPSA) is 35.6 Å². The van der Waals surface area contributed by atoms with Crippen molar-refractivity contribution in [2.24, 2.45) is 5.92 Å². The summed E-state index contributed by atoms with van der Waals surface area (Å²) in [5.41, 5.74) is 1.37. The van der Waals surface area contributed by atoms with Crippen LogP contribution in [0.1, 0.15) is 36.3 Å². The molecule has 1 N–H and O–H groups in total. The highest BCUT2D eigenvalue weighted by Crippen LogP contribution is 2.51. The van der Waals surface area contributed by atoms with Crippen LogP contribution in [0.25, 0.3) is 0 Å². The van der Waals surface area contributed by atoms with Gasteiger partial charge in [-0.25, -0.2) is 0 Å². The fourth-order valence-corrected chi connectivity index (χ4v) is 4.54. The highest BCUT2D eigenvalue weighted by Gasteiger charge is 2.47. The maximum Gasteiger partial charge on any atom is 0.416 e. The van der Waals surface area contributed by atoms with Gasteiger partial charge in [0.15, 0.2) is 0 Å². The van der Waals surface area contributed by atoms with E-state index in [2.05, 4.69) is 29.2 Å². The molecular weight excluding hydrogens is 403 g/mol. The van der Waals surface area contributed by atoms with Crippen molar-refractivity contribution in [1.29, 1.82) is 0 Å². The van der Waals surface area contributed by atoms with Crippen LogP contribution in [0.4, 0.5) is 24.5 Å². The lowest BCUT2D eigenvalue weighted by molar-refractivity contribution is -0.138. The van der Waals surface area contributed by atoms with Crippen LogP contribution in [0.3, 0.4) is 0 Å². The lowest BCUT2D eigenvalue weighted by atomic mass is 10.0. The minimum absolute atomic E-state index is 0.214. The third kappa shape index (κ3) is 4.87. The van der Waals surface area contributed by atoms with Gasteiger partial charge >= 0.3 is 6.18 Å². The van der Waals surface area contributed by atoms with E-state index in [0.29, 0.717) is 18.2 Å². The molecule has 1 saturated carbocycles. The maximum atomic E-state index is 13.3. The van der Waals surface area contributed by atoms with Crippen LogP contribution in [-0.4, -0.2) is 44.0 Å². The zero-order valence-electron chi connectivity index (χ0n) is 17.8. The van der Waals surface area contributed by atoms with Gasteiger partial charge in [-0.1, -0.05) is 18.2 Å². The van der Waals surface area contributed by atoms with Gasteiger partial charge in [-0.05, 0) is 75.2 Å². The first-order valence-corrected chi connectivity index (χ1v) is 10.7. The summed E-state index contributed by atoms with van der Waals surface area (Å²) in [6.45, 7) is 1.99. The first-order chi connectivity index (χ1) is 14.7. The number of hydrogen-bond donors (Lipinski definition) is 1. The molecule has 1 saturated heterocycles. The Morgan fingerprint density at radius 2 is 1.68 bits per heavy atom. The Bertz CT molecular complexity index is 918. The van der Waals surface area contributed by atoms with E-state index >= 15 is 0 Å². The number of amides is 1. The number of nitrogens with one attached hydrogen (secondary N) is 1. The molecule has 4 rings (SSSR count). The van der Waals surface area contributed by atoms with E-state index in [0.717, 1.165) is 37.7 Å². The highest BCUT2D eigenvalue weighted by molar-refractivity contribution is 5.95. The minimum Gasteiger partial charge on any atom is -0.371 e. The van der Waals surface area contributed by atoms with Gasteiger partial charge in [0.05, 0.1) is 5.56 Å². The van der Waals surface area contributed by atoms with Gasteiger partial charge in [-0.15, -0.1) is 0 Å². The van der Waals surface area contributed by atoms with Crippen LogP contribution in [0, 0.1) is 5.92 Å². The van der Waals surface area contributed by atoms with Crippen LogP contribution in [0.15, 0.2) is 48.5 Å². The Morgan fingerprint density at radius 3 is 2.29 bits per heavy atom. The molecule has 166 valence electrons. The van der Waals surface area contributed by atoms with Crippen molar-refractivity contribution < 1.29 is 18.0 Å². The fourth-order valence-electron chi connectivity index (χ4n) is 4.54. The number of carbonyl (C=O) groups is 1. The molecule has 1 aliphatic carbocycles. The molecule has 1 aliphatic heterocycles. The summed E-state index contributed by atoms with van der Waals surface area (Å²) in [5, 5.41) is 2.87. The van der Waals surface area contributed by atoms with Gasteiger partial charge in [-0.2, -0.15) is 13.2 Å². The molecule has 7 heteroatoms. The van der Waals surface area contributed by atoms with E-state index < -0.39 is 17.7 Å². The first-order valence-electron chi connectivity index (χ1n) is 10.7. The van der Waals surface area contributed by atoms with Crippen molar-refractivity contribution in [2.75, 3.05) is 37.4 Å². The van der Waals surface area contributed by atoms with E-state index in [1.54, 1.807) is 6.07 Å². The third-order valence-electron chi connectivity index (χ3n) is 6.49. The average molecular weight is 432 g/mol. The summed E-state index contributed by atoms with van der Waals surface area (Å²) < 4.78 is 39.8. The van der Waals surface area contributed by atoms with Crippen molar-refractivity contribution in [1.82, 2.24) is 4.90 Å². The normalized spacial score (nSPS) is 21.9. The standard InChI is InChI=1S/C24H28F3N3O/c1-29(2)17-11-13-30(14-12-17)18-9-7-16(8-10-18)28-23(31)21-15-20(21)19-5-3-4-6-22(19)24(25,26)27/h3-10,17,20-21H,11-15H2,1-2H3,(H,28,31)/t20-,21+/m0/s1. The van der Waals surface area contributed by atoms with Crippen LogP contribution >= 0.6 is 0 Å². The number of piperidine rings is 1. The number of hydrogen-bond acceptors (Lipinski definition) is 3. The minimum atomic E-state index is -4.41. The van der Waals surface area contributed by atoms with Gasteiger partial charge < -0.3 is 15.1 Å². The predicted molar refractivity (Wildman–Crippen MR) is 116 cm³/mol. The van der Waals surface area contributed by atoms with Gasteiger partial charge in [0.2, 0.25) is 5.91 Å². The average Bonchev–Trinajstić information content (AvgIpc) is 3.55. The van der Waals surface area contributed by atoms with E-state index in [-0.39, 0.29) is 17.4 Å². The molecule has 31 heavy (non-hydrogen) atoms. The van der Waals surface area contributed by atoms with Gasteiger partial charge in [0.25, 0.3) is 0 Å². The number of nitrogens with zero attached hydrogens (tertiary/aromatic N) is 2. The fraction of sp³-hybridized carbons (Fsp3) is 0.458. The second kappa shape index (κ2) is 8.54. The van der Waals surface area contributed by atoms with Gasteiger partial charge in [-0.3, -0.25) is 4.79 Å². The monoisotopic (exact) mass is 431 g/mol. The molecule has 0 bridgehead atoms. The second-order valence-electron chi connectivity index (χ2n) is 8.75. The number of rotatable bonds is 5. The molecule has 0 spiro atoms. The van der Waals surface area contributed by atoms with Crippen molar-refractivity contribution >= 4 is 17.3 Å². The number of carbonyl (C=O) groups excluding carboxylic acids is 1. The van der Waals surface area contributed by atoms with Crippen molar-refractivity contribution in [2.45, 2.75) is 37.4 Å². The zero-order chi connectivity index (χ0) is 22.2.